The molecule has 6 heteroatoms. The van der Waals surface area contributed by atoms with Gasteiger partial charge in [0, 0.05) is 16.5 Å². The van der Waals surface area contributed by atoms with Crippen molar-refractivity contribution < 1.29 is 9.90 Å². The van der Waals surface area contributed by atoms with Crippen molar-refractivity contribution in [2.75, 3.05) is 0 Å². The molecule has 0 fully saturated rings. The van der Waals surface area contributed by atoms with Gasteiger partial charge < -0.3 is 9.67 Å². The van der Waals surface area contributed by atoms with Gasteiger partial charge in [0.25, 0.3) is 0 Å². The highest BCUT2D eigenvalue weighted by Gasteiger charge is 2.22. The number of carbonyl (C=O) groups is 1. The van der Waals surface area contributed by atoms with E-state index in [1.807, 2.05) is 6.07 Å². The molecule has 0 spiro atoms. The summed E-state index contributed by atoms with van der Waals surface area (Å²) in [6.07, 6.45) is 2.70. The molecule has 0 saturated heterocycles. The van der Waals surface area contributed by atoms with E-state index in [2.05, 4.69) is 36.3 Å². The van der Waals surface area contributed by atoms with E-state index < -0.39 is 5.97 Å². The molecular weight excluding hydrogens is 344 g/mol. The summed E-state index contributed by atoms with van der Waals surface area (Å²) in [6.45, 7) is 4.66. The quantitative estimate of drug-likeness (QED) is 0.659. The number of hydrogen-bond donors (Lipinski definition) is 1. The van der Waals surface area contributed by atoms with Crippen molar-refractivity contribution in [3.05, 3.63) is 51.4 Å². The first-order chi connectivity index (χ1) is 11.5. The first kappa shape index (κ1) is 17.0. The van der Waals surface area contributed by atoms with Gasteiger partial charge in [-0.15, -0.1) is 11.3 Å². The van der Waals surface area contributed by atoms with Gasteiger partial charge in [0.1, 0.15) is 5.82 Å². The van der Waals surface area contributed by atoms with Crippen molar-refractivity contribution in [2.45, 2.75) is 39.7 Å². The third-order valence-corrected chi connectivity index (χ3v) is 5.43. The Hall–Kier alpha value is -1.85. The van der Waals surface area contributed by atoms with Crippen LogP contribution in [0.1, 0.15) is 47.2 Å². The predicted octanol–water partition coefficient (Wildman–Crippen LogP) is 5.15. The summed E-state index contributed by atoms with van der Waals surface area (Å²) in [5, 5.41) is 12.9. The summed E-state index contributed by atoms with van der Waals surface area (Å²) < 4.78 is 2.97. The maximum Gasteiger partial charge on any atom is 0.355 e. The second-order valence-corrected chi connectivity index (χ2v) is 7.14. The Balaban J connectivity index is 2.09. The number of thiophene rings is 1. The van der Waals surface area contributed by atoms with Crippen LogP contribution in [0.25, 0.3) is 10.1 Å². The molecule has 1 N–H and O–H groups in total. The molecule has 3 aromatic rings. The molecule has 2 heterocycles. The zero-order chi connectivity index (χ0) is 17.3. The summed E-state index contributed by atoms with van der Waals surface area (Å²) in [4.78, 5) is 15.9. The maximum absolute atomic E-state index is 11.6. The number of imidazole rings is 1. The van der Waals surface area contributed by atoms with E-state index in [0.29, 0.717) is 6.54 Å². The molecule has 0 aliphatic carbocycles. The minimum Gasteiger partial charge on any atom is -0.476 e. The maximum atomic E-state index is 11.6. The smallest absolute Gasteiger partial charge is 0.355 e. The molecule has 0 atom stereocenters. The van der Waals surface area contributed by atoms with E-state index in [1.54, 1.807) is 15.9 Å². The van der Waals surface area contributed by atoms with Crippen LogP contribution in [-0.4, -0.2) is 20.6 Å². The molecular formula is C18H19ClN2O2S. The Morgan fingerprint density at radius 2 is 2.21 bits per heavy atom. The summed E-state index contributed by atoms with van der Waals surface area (Å²) in [7, 11) is 0. The van der Waals surface area contributed by atoms with Crippen molar-refractivity contribution in [3.8, 4) is 0 Å². The number of aromatic carboxylic acids is 1. The van der Waals surface area contributed by atoms with E-state index in [4.69, 9.17) is 11.6 Å². The van der Waals surface area contributed by atoms with Gasteiger partial charge >= 0.3 is 5.97 Å². The van der Waals surface area contributed by atoms with Crippen LogP contribution in [0.15, 0.2) is 23.6 Å². The minimum atomic E-state index is -1.04. The van der Waals surface area contributed by atoms with Crippen LogP contribution in [0.3, 0.4) is 0 Å². The van der Waals surface area contributed by atoms with Crippen LogP contribution >= 0.6 is 22.9 Å². The van der Waals surface area contributed by atoms with Crippen molar-refractivity contribution in [2.24, 2.45) is 0 Å². The Bertz CT molecular complexity index is 898. The number of unbranched alkanes of at least 4 members (excludes halogenated alkanes) is 1. The fourth-order valence-corrected chi connectivity index (χ4v) is 4.31. The van der Waals surface area contributed by atoms with Crippen LogP contribution in [0.5, 0.6) is 0 Å². The molecule has 0 unspecified atom stereocenters. The fourth-order valence-electron chi connectivity index (χ4n) is 3.00. The lowest BCUT2D eigenvalue weighted by atomic mass is 10.1. The number of rotatable bonds is 6. The van der Waals surface area contributed by atoms with Crippen LogP contribution < -0.4 is 0 Å². The third kappa shape index (κ3) is 3.06. The second kappa shape index (κ2) is 6.95. The van der Waals surface area contributed by atoms with Gasteiger partial charge in [-0.1, -0.05) is 37.1 Å². The number of benzene rings is 1. The molecule has 0 amide bonds. The summed E-state index contributed by atoms with van der Waals surface area (Å²) in [5.74, 6) is -0.293. The summed E-state index contributed by atoms with van der Waals surface area (Å²) >= 11 is 7.78. The van der Waals surface area contributed by atoms with E-state index in [-0.39, 0.29) is 10.8 Å². The number of halogens is 1. The Labute approximate surface area is 149 Å². The van der Waals surface area contributed by atoms with Gasteiger partial charge in [0.15, 0.2) is 10.8 Å². The Morgan fingerprint density at radius 1 is 1.42 bits per heavy atom. The first-order valence-corrected chi connectivity index (χ1v) is 9.22. The average Bonchev–Trinajstić information content (AvgIpc) is 3.08. The number of carboxylic acids is 1. The molecule has 4 nitrogen and oxygen atoms in total. The molecule has 0 aliphatic heterocycles. The molecule has 3 rings (SSSR count). The highest BCUT2D eigenvalue weighted by atomic mass is 35.5. The molecule has 2 aromatic heterocycles. The zero-order valence-electron chi connectivity index (χ0n) is 13.7. The van der Waals surface area contributed by atoms with E-state index >= 15 is 0 Å². The number of carboxylic acid groups (broad SMARTS) is 1. The van der Waals surface area contributed by atoms with Crippen molar-refractivity contribution in [3.63, 3.8) is 0 Å². The lowest BCUT2D eigenvalue weighted by Crippen LogP contribution is -2.13. The second-order valence-electron chi connectivity index (χ2n) is 5.87. The molecule has 0 bridgehead atoms. The molecule has 0 saturated carbocycles. The normalized spacial score (nSPS) is 11.3. The topological polar surface area (TPSA) is 55.1 Å². The third-order valence-electron chi connectivity index (χ3n) is 4.17. The Morgan fingerprint density at radius 3 is 2.92 bits per heavy atom. The number of fused-ring (bicyclic) bond motifs is 1. The van der Waals surface area contributed by atoms with Gasteiger partial charge in [-0.05, 0) is 35.9 Å². The molecule has 1 aromatic carbocycles. The van der Waals surface area contributed by atoms with Crippen molar-refractivity contribution >= 4 is 39.0 Å². The first-order valence-electron chi connectivity index (χ1n) is 7.96. The predicted molar refractivity (Wildman–Crippen MR) is 98.5 cm³/mol. The zero-order valence-corrected chi connectivity index (χ0v) is 15.2. The lowest BCUT2D eigenvalue weighted by Gasteiger charge is -2.10. The fraction of sp³-hybridized carbons (Fsp3) is 0.333. The number of aryl methyl sites for hydroxylation is 2. The Kier molecular flexibility index (Phi) is 4.92. The van der Waals surface area contributed by atoms with Gasteiger partial charge in [0.05, 0.1) is 6.54 Å². The largest absolute Gasteiger partial charge is 0.476 e. The van der Waals surface area contributed by atoms with E-state index in [0.717, 1.165) is 30.7 Å². The lowest BCUT2D eigenvalue weighted by molar-refractivity contribution is 0.0685. The summed E-state index contributed by atoms with van der Waals surface area (Å²) in [5.41, 5.74) is 2.39. The minimum absolute atomic E-state index is 0.0739. The van der Waals surface area contributed by atoms with Crippen LogP contribution in [0.4, 0.5) is 0 Å². The SMILES string of the molecule is CCCCc1nc(Cl)c(C(=O)O)n1Cc1csc2cccc(C)c12. The van der Waals surface area contributed by atoms with Gasteiger partial charge in [-0.2, -0.15) is 0 Å². The monoisotopic (exact) mass is 362 g/mol. The molecule has 24 heavy (non-hydrogen) atoms. The molecule has 0 radical (unpaired) electrons. The van der Waals surface area contributed by atoms with Gasteiger partial charge in [-0.3, -0.25) is 0 Å². The van der Waals surface area contributed by atoms with Crippen molar-refractivity contribution in [1.82, 2.24) is 9.55 Å². The summed E-state index contributed by atoms with van der Waals surface area (Å²) in [6, 6.07) is 6.21. The highest BCUT2D eigenvalue weighted by molar-refractivity contribution is 7.17. The number of aromatic nitrogens is 2. The van der Waals surface area contributed by atoms with Crippen LogP contribution in [0, 0.1) is 6.92 Å². The molecule has 126 valence electrons. The number of hydrogen-bond acceptors (Lipinski definition) is 3. The van der Waals surface area contributed by atoms with Crippen LogP contribution in [-0.2, 0) is 13.0 Å². The standard InChI is InChI=1S/C18H19ClN2O2S/c1-3-4-8-14-20-17(19)16(18(22)23)21(14)9-12-10-24-13-7-5-6-11(2)15(12)13/h5-7,10H,3-4,8-9H2,1-2H3,(H,22,23). The molecule has 0 aliphatic rings. The van der Waals surface area contributed by atoms with E-state index in [9.17, 15) is 9.90 Å². The van der Waals surface area contributed by atoms with Crippen molar-refractivity contribution in [1.29, 1.82) is 0 Å². The van der Waals surface area contributed by atoms with Gasteiger partial charge in [-0.25, -0.2) is 9.78 Å². The van der Waals surface area contributed by atoms with E-state index in [1.165, 1.54) is 15.6 Å². The number of nitrogens with zero attached hydrogens (tertiary/aromatic N) is 2. The van der Waals surface area contributed by atoms with Crippen LogP contribution in [0.2, 0.25) is 5.15 Å². The van der Waals surface area contributed by atoms with Gasteiger partial charge in [0.2, 0.25) is 0 Å². The average molecular weight is 363 g/mol. The highest BCUT2D eigenvalue weighted by Crippen LogP contribution is 2.31.